The first kappa shape index (κ1) is 14.0. The molecule has 96 valence electrons. The number of hydrogen-bond acceptors (Lipinski definition) is 2. The Kier molecular flexibility index (Phi) is 5.26. The first-order chi connectivity index (χ1) is 7.40. The molecule has 1 heterocycles. The molecular formula is C14H30N2. The maximum Gasteiger partial charge on any atom is 0.0198 e. The molecule has 0 amide bonds. The predicted molar refractivity (Wildman–Crippen MR) is 71.7 cm³/mol. The average molecular weight is 226 g/mol. The Bertz CT molecular complexity index is 189. The highest BCUT2D eigenvalue weighted by Gasteiger charge is 2.29. The molecule has 1 aliphatic rings. The van der Waals surface area contributed by atoms with Crippen molar-refractivity contribution in [3.63, 3.8) is 0 Å². The smallest absolute Gasteiger partial charge is 0.0198 e. The van der Waals surface area contributed by atoms with Gasteiger partial charge >= 0.3 is 0 Å². The van der Waals surface area contributed by atoms with Crippen LogP contribution in [-0.2, 0) is 0 Å². The molecule has 0 aliphatic carbocycles. The van der Waals surface area contributed by atoms with E-state index < -0.39 is 0 Å². The van der Waals surface area contributed by atoms with Crippen LogP contribution in [0.4, 0.5) is 0 Å². The lowest BCUT2D eigenvalue weighted by atomic mass is 10.0. The predicted octanol–water partition coefficient (Wildman–Crippen LogP) is 2.69. The highest BCUT2D eigenvalue weighted by atomic mass is 15.3. The molecular weight excluding hydrogens is 196 g/mol. The first-order valence-corrected chi connectivity index (χ1v) is 6.88. The van der Waals surface area contributed by atoms with E-state index in [1.165, 1.54) is 26.2 Å². The molecule has 0 aromatic heterocycles. The fourth-order valence-electron chi connectivity index (χ4n) is 2.91. The van der Waals surface area contributed by atoms with Crippen molar-refractivity contribution in [2.24, 2.45) is 11.8 Å². The van der Waals surface area contributed by atoms with Crippen LogP contribution in [0.5, 0.6) is 0 Å². The second-order valence-electron chi connectivity index (χ2n) is 6.40. The third-order valence-electron chi connectivity index (χ3n) is 3.38. The van der Waals surface area contributed by atoms with Crippen molar-refractivity contribution in [3.05, 3.63) is 0 Å². The van der Waals surface area contributed by atoms with Gasteiger partial charge in [0.25, 0.3) is 0 Å². The van der Waals surface area contributed by atoms with E-state index in [-0.39, 0.29) is 0 Å². The van der Waals surface area contributed by atoms with Gasteiger partial charge in [-0.25, -0.2) is 0 Å². The lowest BCUT2D eigenvalue weighted by Crippen LogP contribution is -2.57. The van der Waals surface area contributed by atoms with Crippen molar-refractivity contribution >= 4 is 0 Å². The number of piperazine rings is 1. The van der Waals surface area contributed by atoms with Crippen LogP contribution >= 0.6 is 0 Å². The molecule has 2 heteroatoms. The molecule has 1 fully saturated rings. The highest BCUT2D eigenvalue weighted by Crippen LogP contribution is 2.18. The van der Waals surface area contributed by atoms with Gasteiger partial charge < -0.3 is 0 Å². The molecule has 0 N–H and O–H groups in total. The number of hydrogen-bond donors (Lipinski definition) is 0. The molecule has 1 aliphatic heterocycles. The van der Waals surface area contributed by atoms with E-state index in [1.807, 2.05) is 0 Å². The lowest BCUT2D eigenvalue weighted by molar-refractivity contribution is 0.0258. The van der Waals surface area contributed by atoms with E-state index >= 15 is 0 Å². The highest BCUT2D eigenvalue weighted by molar-refractivity contribution is 4.85. The Morgan fingerprint density at radius 2 is 1.31 bits per heavy atom. The van der Waals surface area contributed by atoms with Crippen molar-refractivity contribution in [1.82, 2.24) is 9.80 Å². The Balaban J connectivity index is 2.50. The third-order valence-corrected chi connectivity index (χ3v) is 3.38. The van der Waals surface area contributed by atoms with Gasteiger partial charge in [-0.2, -0.15) is 0 Å². The summed E-state index contributed by atoms with van der Waals surface area (Å²) in [5.41, 5.74) is 0. The minimum absolute atomic E-state index is 0.713. The van der Waals surface area contributed by atoms with E-state index in [0.29, 0.717) is 12.1 Å². The minimum Gasteiger partial charge on any atom is -0.300 e. The van der Waals surface area contributed by atoms with E-state index in [4.69, 9.17) is 0 Å². The van der Waals surface area contributed by atoms with E-state index in [1.54, 1.807) is 0 Å². The van der Waals surface area contributed by atoms with Crippen LogP contribution in [0.2, 0.25) is 0 Å². The summed E-state index contributed by atoms with van der Waals surface area (Å²) in [7, 11) is 0. The van der Waals surface area contributed by atoms with Gasteiger partial charge in [0, 0.05) is 38.3 Å². The third kappa shape index (κ3) is 4.06. The van der Waals surface area contributed by atoms with Crippen LogP contribution in [0.1, 0.15) is 41.5 Å². The quantitative estimate of drug-likeness (QED) is 0.727. The molecule has 0 bridgehead atoms. The van der Waals surface area contributed by atoms with Crippen LogP contribution in [0.25, 0.3) is 0 Å². The maximum atomic E-state index is 2.68. The normalized spacial score (nSPS) is 29.2. The summed E-state index contributed by atoms with van der Waals surface area (Å²) in [4.78, 5) is 5.32. The van der Waals surface area contributed by atoms with Gasteiger partial charge in [0.05, 0.1) is 0 Å². The second-order valence-corrected chi connectivity index (χ2v) is 6.40. The summed E-state index contributed by atoms with van der Waals surface area (Å²) in [6.07, 6.45) is 0. The number of nitrogens with zero attached hydrogens (tertiary/aromatic N) is 2. The maximum absolute atomic E-state index is 2.68. The SMILES string of the molecule is CC(C)CN1C[C@@H](C)N(CC(C)C)[C@@H](C)C1. The molecule has 16 heavy (non-hydrogen) atoms. The van der Waals surface area contributed by atoms with E-state index in [2.05, 4.69) is 51.3 Å². The molecule has 2 nitrogen and oxygen atoms in total. The Morgan fingerprint density at radius 3 is 1.69 bits per heavy atom. The van der Waals surface area contributed by atoms with Crippen molar-refractivity contribution < 1.29 is 0 Å². The zero-order chi connectivity index (χ0) is 12.3. The fraction of sp³-hybridized carbons (Fsp3) is 1.00. The largest absolute Gasteiger partial charge is 0.300 e. The van der Waals surface area contributed by atoms with Crippen LogP contribution in [0, 0.1) is 11.8 Å². The molecule has 1 saturated heterocycles. The molecule has 0 unspecified atom stereocenters. The number of rotatable bonds is 4. The van der Waals surface area contributed by atoms with Crippen molar-refractivity contribution in [3.8, 4) is 0 Å². The van der Waals surface area contributed by atoms with Gasteiger partial charge in [-0.05, 0) is 25.7 Å². The minimum atomic E-state index is 0.713. The Hall–Kier alpha value is -0.0800. The summed E-state index contributed by atoms with van der Waals surface area (Å²) < 4.78 is 0. The molecule has 0 saturated carbocycles. The van der Waals surface area contributed by atoms with Gasteiger partial charge in [0.1, 0.15) is 0 Å². The molecule has 0 spiro atoms. The molecule has 2 atom stereocenters. The Labute approximate surface area is 102 Å². The van der Waals surface area contributed by atoms with Gasteiger partial charge in [0.2, 0.25) is 0 Å². The standard InChI is InChI=1S/C14H30N2/c1-11(2)7-15-9-13(5)16(8-12(3)4)14(6)10-15/h11-14H,7-10H2,1-6H3/t13-,14+. The topological polar surface area (TPSA) is 6.48 Å². The lowest BCUT2D eigenvalue weighted by Gasteiger charge is -2.45. The summed E-state index contributed by atoms with van der Waals surface area (Å²) in [5.74, 6) is 1.57. The molecule has 0 radical (unpaired) electrons. The van der Waals surface area contributed by atoms with Gasteiger partial charge in [0.15, 0.2) is 0 Å². The van der Waals surface area contributed by atoms with Crippen molar-refractivity contribution in [1.29, 1.82) is 0 Å². The van der Waals surface area contributed by atoms with Crippen LogP contribution < -0.4 is 0 Å². The van der Waals surface area contributed by atoms with Crippen molar-refractivity contribution in [2.45, 2.75) is 53.6 Å². The molecule has 1 rings (SSSR count). The summed E-state index contributed by atoms with van der Waals surface area (Å²) in [6, 6.07) is 1.43. The zero-order valence-corrected chi connectivity index (χ0v) is 12.0. The van der Waals surface area contributed by atoms with Crippen LogP contribution in [-0.4, -0.2) is 48.1 Å². The van der Waals surface area contributed by atoms with E-state index in [9.17, 15) is 0 Å². The first-order valence-electron chi connectivity index (χ1n) is 6.88. The monoisotopic (exact) mass is 226 g/mol. The fourth-order valence-corrected chi connectivity index (χ4v) is 2.91. The summed E-state index contributed by atoms with van der Waals surface area (Å²) >= 11 is 0. The van der Waals surface area contributed by atoms with Crippen molar-refractivity contribution in [2.75, 3.05) is 26.2 Å². The average Bonchev–Trinajstić information content (AvgIpc) is 2.10. The van der Waals surface area contributed by atoms with Gasteiger partial charge in [-0.3, -0.25) is 9.80 Å². The summed E-state index contributed by atoms with van der Waals surface area (Å²) in [6.45, 7) is 19.0. The summed E-state index contributed by atoms with van der Waals surface area (Å²) in [5, 5.41) is 0. The zero-order valence-electron chi connectivity index (χ0n) is 12.0. The second kappa shape index (κ2) is 6.02. The van der Waals surface area contributed by atoms with E-state index in [0.717, 1.165) is 11.8 Å². The Morgan fingerprint density at radius 1 is 0.875 bits per heavy atom. The van der Waals surface area contributed by atoms with Gasteiger partial charge in [-0.15, -0.1) is 0 Å². The van der Waals surface area contributed by atoms with Crippen LogP contribution in [0.15, 0.2) is 0 Å². The molecule has 0 aromatic rings. The van der Waals surface area contributed by atoms with Gasteiger partial charge in [-0.1, -0.05) is 27.7 Å². The molecule has 0 aromatic carbocycles. The van der Waals surface area contributed by atoms with Crippen LogP contribution in [0.3, 0.4) is 0 Å².